The van der Waals surface area contributed by atoms with Gasteiger partial charge >= 0.3 is 6.18 Å². The maximum atomic E-state index is 13.8. The number of hydrogen-bond donors (Lipinski definition) is 6. The molecule has 0 radical (unpaired) electrons. The molecule has 1 saturated heterocycles. The minimum atomic E-state index is -4.51. The smallest absolute Gasteiger partial charge is 0.395 e. The lowest BCUT2D eigenvalue weighted by Gasteiger charge is -2.33. The summed E-state index contributed by atoms with van der Waals surface area (Å²) in [6, 6.07) is 6.09. The molecule has 1 unspecified atom stereocenters. The molecular formula is C40H47F3N16O5. The van der Waals surface area contributed by atoms with Gasteiger partial charge in [-0.15, -0.1) is 0 Å². The number of rotatable bonds is 16. The van der Waals surface area contributed by atoms with Crippen LogP contribution in [0.1, 0.15) is 66.9 Å². The maximum Gasteiger partial charge on any atom is 0.415 e. The van der Waals surface area contributed by atoms with E-state index in [1.54, 1.807) is 50.8 Å². The van der Waals surface area contributed by atoms with Crippen LogP contribution in [0.15, 0.2) is 42.6 Å². The van der Waals surface area contributed by atoms with Crippen LogP contribution in [0.25, 0.3) is 22.2 Å². The average molecular weight is 889 g/mol. The van der Waals surface area contributed by atoms with E-state index in [4.69, 9.17) is 26.9 Å². The number of morpholine rings is 1. The molecule has 4 amide bonds. The largest absolute Gasteiger partial charge is 0.415 e. The Labute approximate surface area is 362 Å². The molecule has 338 valence electrons. The molecule has 24 heteroatoms. The molecule has 7 rings (SSSR count). The first-order chi connectivity index (χ1) is 30.5. The van der Waals surface area contributed by atoms with Crippen molar-refractivity contribution in [2.75, 3.05) is 54.5 Å². The van der Waals surface area contributed by atoms with Crippen LogP contribution >= 0.6 is 0 Å². The summed E-state index contributed by atoms with van der Waals surface area (Å²) in [5, 5.41) is 17.6. The molecule has 5 aromatic heterocycles. The highest BCUT2D eigenvalue weighted by Gasteiger charge is 2.43. The lowest BCUT2D eigenvalue weighted by atomic mass is 10.1. The fourth-order valence-electron chi connectivity index (χ4n) is 7.40. The third kappa shape index (κ3) is 9.22. The van der Waals surface area contributed by atoms with E-state index in [9.17, 15) is 32.3 Å². The summed E-state index contributed by atoms with van der Waals surface area (Å²) in [6.07, 6.45) is -1.62. The Bertz CT molecular complexity index is 2800. The van der Waals surface area contributed by atoms with Crippen molar-refractivity contribution in [2.45, 2.75) is 66.2 Å². The van der Waals surface area contributed by atoms with E-state index in [0.29, 0.717) is 41.3 Å². The Morgan fingerprint density at radius 1 is 0.875 bits per heavy atom. The normalized spacial score (nSPS) is 14.8. The van der Waals surface area contributed by atoms with Gasteiger partial charge in [0.05, 0.1) is 46.0 Å². The Balaban J connectivity index is 1.23. The summed E-state index contributed by atoms with van der Waals surface area (Å²) in [4.78, 5) is 67.3. The molecule has 9 N–H and O–H groups in total. The molecule has 0 aliphatic carbocycles. The number of carbonyl (C=O) groups is 4. The van der Waals surface area contributed by atoms with Crippen LogP contribution in [-0.2, 0) is 30.9 Å². The van der Waals surface area contributed by atoms with Crippen molar-refractivity contribution in [1.29, 1.82) is 0 Å². The van der Waals surface area contributed by atoms with E-state index in [1.807, 2.05) is 13.8 Å². The number of carbonyl (C=O) groups excluding carboxylic acids is 4. The number of primary amides is 2. The SMILES string of the molecule is CCn1nc(C)cc1C(=O)Nc1nc2cc(C(N)=O)cc(NCCN3CCOC(C(F)(F)F)C3)c2n1C/C=C/Cn1c(NC(=O)c2c(N)c(C)nn2CC)nc2cc(C(N)=O)cnc21. The van der Waals surface area contributed by atoms with E-state index in [0.717, 1.165) is 0 Å². The van der Waals surface area contributed by atoms with Gasteiger partial charge in [-0.05, 0) is 52.0 Å². The Kier molecular flexibility index (Phi) is 12.7. The van der Waals surface area contributed by atoms with Crippen LogP contribution in [0.2, 0.25) is 0 Å². The number of ether oxygens (including phenoxy) is 1. The van der Waals surface area contributed by atoms with Crippen LogP contribution in [0, 0.1) is 13.8 Å². The van der Waals surface area contributed by atoms with E-state index in [2.05, 4.69) is 36.1 Å². The Morgan fingerprint density at radius 2 is 1.53 bits per heavy atom. The molecule has 0 spiro atoms. The number of nitrogens with one attached hydrogen (secondary N) is 3. The number of nitrogens with two attached hydrogens (primary N) is 3. The van der Waals surface area contributed by atoms with Gasteiger partial charge in [-0.2, -0.15) is 23.4 Å². The third-order valence-corrected chi connectivity index (χ3v) is 10.6. The second-order valence-electron chi connectivity index (χ2n) is 14.9. The number of alkyl halides is 3. The number of nitrogen functional groups attached to an aromatic ring is 1. The van der Waals surface area contributed by atoms with Gasteiger partial charge in [-0.25, -0.2) is 15.0 Å². The van der Waals surface area contributed by atoms with E-state index < -0.39 is 35.9 Å². The number of aromatic nitrogens is 9. The van der Waals surface area contributed by atoms with Gasteiger partial charge in [0, 0.05) is 64.1 Å². The van der Waals surface area contributed by atoms with Gasteiger partial charge in [0.2, 0.25) is 23.7 Å². The van der Waals surface area contributed by atoms with Crippen molar-refractivity contribution in [3.8, 4) is 0 Å². The van der Waals surface area contributed by atoms with Crippen molar-refractivity contribution in [3.05, 3.63) is 76.5 Å². The second kappa shape index (κ2) is 18.2. The quantitative estimate of drug-likeness (QED) is 0.0764. The maximum absolute atomic E-state index is 13.8. The van der Waals surface area contributed by atoms with Gasteiger partial charge in [-0.1, -0.05) is 12.2 Å². The molecule has 6 aromatic rings. The minimum Gasteiger partial charge on any atom is -0.395 e. The van der Waals surface area contributed by atoms with E-state index in [-0.39, 0.29) is 97.0 Å². The first-order valence-electron chi connectivity index (χ1n) is 20.3. The zero-order valence-electron chi connectivity index (χ0n) is 35.4. The molecule has 0 bridgehead atoms. The van der Waals surface area contributed by atoms with Crippen molar-refractivity contribution < 1.29 is 37.1 Å². The van der Waals surface area contributed by atoms with Gasteiger partial charge in [0.25, 0.3) is 11.8 Å². The predicted octanol–water partition coefficient (Wildman–Crippen LogP) is 3.05. The fourth-order valence-corrected chi connectivity index (χ4v) is 7.40. The highest BCUT2D eigenvalue weighted by atomic mass is 19.4. The molecule has 0 saturated carbocycles. The predicted molar refractivity (Wildman–Crippen MR) is 230 cm³/mol. The summed E-state index contributed by atoms with van der Waals surface area (Å²) in [5.74, 6) is -2.38. The molecule has 1 fully saturated rings. The molecule has 64 heavy (non-hydrogen) atoms. The van der Waals surface area contributed by atoms with Gasteiger partial charge in [0.15, 0.2) is 11.8 Å². The van der Waals surface area contributed by atoms with Crippen LogP contribution in [0.3, 0.4) is 0 Å². The van der Waals surface area contributed by atoms with Crippen molar-refractivity contribution in [1.82, 2.24) is 48.5 Å². The molecule has 21 nitrogen and oxygen atoms in total. The highest BCUT2D eigenvalue weighted by Crippen LogP contribution is 2.31. The lowest BCUT2D eigenvalue weighted by Crippen LogP contribution is -2.50. The number of allylic oxidation sites excluding steroid dienone is 2. The summed E-state index contributed by atoms with van der Waals surface area (Å²) in [7, 11) is 0. The van der Waals surface area contributed by atoms with Crippen LogP contribution in [0.4, 0.5) is 36.4 Å². The average Bonchev–Trinajstić information content (AvgIpc) is 3.99. The Hall–Kier alpha value is -7.34. The number of anilines is 4. The highest BCUT2D eigenvalue weighted by molar-refractivity contribution is 6.07. The number of aryl methyl sites for hydroxylation is 4. The van der Waals surface area contributed by atoms with Crippen LogP contribution in [-0.4, -0.2) is 117 Å². The Morgan fingerprint density at radius 3 is 2.22 bits per heavy atom. The van der Waals surface area contributed by atoms with Gasteiger partial charge in [-0.3, -0.25) is 48.6 Å². The van der Waals surface area contributed by atoms with Crippen molar-refractivity contribution in [3.63, 3.8) is 0 Å². The molecular weight excluding hydrogens is 842 g/mol. The summed E-state index contributed by atoms with van der Waals surface area (Å²) in [5.41, 5.74) is 21.1. The van der Waals surface area contributed by atoms with E-state index in [1.165, 1.54) is 29.1 Å². The molecule has 6 heterocycles. The first-order valence-corrected chi connectivity index (χ1v) is 20.3. The number of hydrogen-bond acceptors (Lipinski definition) is 13. The van der Waals surface area contributed by atoms with Gasteiger partial charge < -0.3 is 31.8 Å². The minimum absolute atomic E-state index is 0.0680. The fraction of sp³-hybridized carbons (Fsp3) is 0.375. The van der Waals surface area contributed by atoms with Gasteiger partial charge in [0.1, 0.15) is 16.9 Å². The van der Waals surface area contributed by atoms with Crippen molar-refractivity contribution >= 4 is 69.1 Å². The van der Waals surface area contributed by atoms with Crippen LogP contribution in [0.5, 0.6) is 0 Å². The summed E-state index contributed by atoms with van der Waals surface area (Å²) in [6.45, 7) is 8.26. The number of fused-ring (bicyclic) bond motifs is 2. The number of benzene rings is 1. The second-order valence-corrected chi connectivity index (χ2v) is 14.9. The topological polar surface area (TPSA) is 279 Å². The van der Waals surface area contributed by atoms with Crippen LogP contribution < -0.4 is 33.2 Å². The number of nitrogens with zero attached hydrogens (tertiary/aromatic N) is 10. The zero-order valence-corrected chi connectivity index (χ0v) is 35.4. The standard InChI is InChI=1S/C40H47F3N16O5/c1-5-58-28(15-21(3)53-58)36(62)51-38-49-26-17-23(33(45)60)16-25(47-9-12-55-13-14-64-29(20-55)40(41,42)43)31(26)56(38)10-7-8-11-57-35-27(18-24(19-48-35)34(46)61)50-39(57)52-37(63)32-30(44)22(4)54-59(32)6-2/h7-8,15-19,29,47H,5-6,9-14,20,44H2,1-4H3,(H2,45,60)(H2,46,61)(H,49,51,62)(H,50,52,63)/b8-7+. The monoisotopic (exact) mass is 888 g/mol. The van der Waals surface area contributed by atoms with E-state index >= 15 is 0 Å². The number of halogens is 3. The third-order valence-electron chi connectivity index (χ3n) is 10.6. The number of imidazole rings is 2. The zero-order chi connectivity index (χ0) is 46.0. The lowest BCUT2D eigenvalue weighted by molar-refractivity contribution is -0.236. The molecule has 1 aliphatic rings. The molecule has 1 aromatic carbocycles. The molecule has 1 atom stereocenters. The molecule has 1 aliphatic heterocycles. The summed E-state index contributed by atoms with van der Waals surface area (Å²) < 4.78 is 51.7. The first kappa shape index (κ1) is 44.7. The number of amides is 4. The van der Waals surface area contributed by atoms with Crippen molar-refractivity contribution in [2.24, 2.45) is 11.5 Å². The summed E-state index contributed by atoms with van der Waals surface area (Å²) >= 11 is 0. The number of pyridine rings is 1.